The van der Waals surface area contributed by atoms with Crippen LogP contribution in [-0.4, -0.2) is 39.5 Å². The Morgan fingerprint density at radius 3 is 2.94 bits per heavy atom. The van der Waals surface area contributed by atoms with E-state index in [1.54, 1.807) is 12.3 Å². The van der Waals surface area contributed by atoms with Gasteiger partial charge in [-0.05, 0) is 31.4 Å². The van der Waals surface area contributed by atoms with Gasteiger partial charge < -0.3 is 10.0 Å². The molecule has 1 saturated heterocycles. The number of nitrogens with zero attached hydrogens (tertiary/aromatic N) is 2. The number of carbonyl (C=O) groups excluding carboxylic acids is 1. The number of likely N-dealkylation sites (tertiary alicyclic amines) is 1. The number of aliphatic carboxylic acids is 1. The van der Waals surface area contributed by atoms with Crippen molar-refractivity contribution in [2.24, 2.45) is 0 Å². The van der Waals surface area contributed by atoms with E-state index in [4.69, 9.17) is 5.11 Å². The Balaban J connectivity index is 2.26. The van der Waals surface area contributed by atoms with Crippen LogP contribution in [0.5, 0.6) is 0 Å². The smallest absolute Gasteiger partial charge is 0.326 e. The molecule has 1 fully saturated rings. The van der Waals surface area contributed by atoms with Gasteiger partial charge in [-0.15, -0.1) is 0 Å². The second-order valence-electron chi connectivity index (χ2n) is 4.19. The van der Waals surface area contributed by atoms with Crippen molar-refractivity contribution in [3.63, 3.8) is 0 Å². The molecule has 5 nitrogen and oxygen atoms in total. The first-order valence-corrected chi connectivity index (χ1v) is 5.55. The molecule has 5 heteroatoms. The van der Waals surface area contributed by atoms with E-state index in [9.17, 15) is 9.59 Å². The largest absolute Gasteiger partial charge is 0.480 e. The van der Waals surface area contributed by atoms with Gasteiger partial charge in [0.1, 0.15) is 6.04 Å². The zero-order valence-corrected chi connectivity index (χ0v) is 9.59. The van der Waals surface area contributed by atoms with E-state index in [2.05, 4.69) is 4.98 Å². The summed E-state index contributed by atoms with van der Waals surface area (Å²) in [6.07, 6.45) is 4.38. The third-order valence-electron chi connectivity index (χ3n) is 3.07. The number of hydrogen-bond acceptors (Lipinski definition) is 3. The quantitative estimate of drug-likeness (QED) is 0.831. The summed E-state index contributed by atoms with van der Waals surface area (Å²) in [5.74, 6) is -1.17. The van der Waals surface area contributed by atoms with Gasteiger partial charge >= 0.3 is 5.97 Å². The SMILES string of the molecule is Cc1ccncc1C(=O)N1CCCC1C(=O)O. The van der Waals surface area contributed by atoms with Crippen molar-refractivity contribution >= 4 is 11.9 Å². The Hall–Kier alpha value is -1.91. The van der Waals surface area contributed by atoms with E-state index in [1.165, 1.54) is 11.1 Å². The Morgan fingerprint density at radius 2 is 2.29 bits per heavy atom. The lowest BCUT2D eigenvalue weighted by molar-refractivity contribution is -0.141. The molecule has 0 aliphatic carbocycles. The normalized spacial score (nSPS) is 19.4. The van der Waals surface area contributed by atoms with Crippen molar-refractivity contribution in [2.45, 2.75) is 25.8 Å². The van der Waals surface area contributed by atoms with Crippen LogP contribution in [0.3, 0.4) is 0 Å². The highest BCUT2D eigenvalue weighted by atomic mass is 16.4. The van der Waals surface area contributed by atoms with E-state index >= 15 is 0 Å². The first-order chi connectivity index (χ1) is 8.11. The first kappa shape index (κ1) is 11.6. The van der Waals surface area contributed by atoms with Crippen molar-refractivity contribution in [3.05, 3.63) is 29.6 Å². The van der Waals surface area contributed by atoms with Crippen molar-refractivity contribution in [2.75, 3.05) is 6.54 Å². The number of rotatable bonds is 2. The average molecular weight is 234 g/mol. The van der Waals surface area contributed by atoms with E-state index in [1.807, 2.05) is 6.92 Å². The molecule has 2 rings (SSSR count). The Bertz CT molecular complexity index is 459. The van der Waals surface area contributed by atoms with Gasteiger partial charge in [0.15, 0.2) is 0 Å². The second-order valence-corrected chi connectivity index (χ2v) is 4.19. The molecule has 0 spiro atoms. The number of hydrogen-bond donors (Lipinski definition) is 1. The summed E-state index contributed by atoms with van der Waals surface area (Å²) in [6.45, 7) is 2.32. The fourth-order valence-corrected chi connectivity index (χ4v) is 2.11. The third kappa shape index (κ3) is 2.13. The minimum absolute atomic E-state index is 0.236. The van der Waals surface area contributed by atoms with Crippen LogP contribution < -0.4 is 0 Å². The number of pyridine rings is 1. The van der Waals surface area contributed by atoms with Gasteiger partial charge in [-0.1, -0.05) is 0 Å². The molecular formula is C12H14N2O3. The topological polar surface area (TPSA) is 70.5 Å². The van der Waals surface area contributed by atoms with Crippen LogP contribution in [-0.2, 0) is 4.79 Å². The zero-order valence-electron chi connectivity index (χ0n) is 9.59. The molecule has 1 amide bonds. The Labute approximate surface area is 99.1 Å². The molecule has 1 N–H and O–H groups in total. The number of carbonyl (C=O) groups is 2. The molecule has 0 radical (unpaired) electrons. The highest BCUT2D eigenvalue weighted by Gasteiger charge is 2.34. The van der Waals surface area contributed by atoms with Gasteiger partial charge in [0.25, 0.3) is 5.91 Å². The fourth-order valence-electron chi connectivity index (χ4n) is 2.11. The van der Waals surface area contributed by atoms with Crippen LogP contribution in [0.25, 0.3) is 0 Å². The summed E-state index contributed by atoms with van der Waals surface area (Å²) in [7, 11) is 0. The summed E-state index contributed by atoms with van der Waals surface area (Å²) in [6, 6.07) is 1.06. The summed E-state index contributed by atoms with van der Waals surface area (Å²) >= 11 is 0. The first-order valence-electron chi connectivity index (χ1n) is 5.55. The van der Waals surface area contributed by atoms with Gasteiger partial charge in [-0.3, -0.25) is 9.78 Å². The van der Waals surface area contributed by atoms with Crippen LogP contribution in [0.15, 0.2) is 18.5 Å². The lowest BCUT2D eigenvalue weighted by atomic mass is 10.1. The number of carboxylic acids is 1. The number of carboxylic acid groups (broad SMARTS) is 1. The third-order valence-corrected chi connectivity index (χ3v) is 3.07. The molecular weight excluding hydrogens is 220 g/mol. The maximum Gasteiger partial charge on any atom is 0.326 e. The summed E-state index contributed by atoms with van der Waals surface area (Å²) in [4.78, 5) is 28.6. The molecule has 1 aliphatic rings. The van der Waals surface area contributed by atoms with Crippen LogP contribution in [0, 0.1) is 6.92 Å². The second kappa shape index (κ2) is 4.53. The Kier molecular flexibility index (Phi) is 3.08. The maximum absolute atomic E-state index is 12.2. The van der Waals surface area contributed by atoms with Crippen molar-refractivity contribution in [1.29, 1.82) is 0 Å². The maximum atomic E-state index is 12.2. The monoisotopic (exact) mass is 234 g/mol. The molecule has 0 bridgehead atoms. The summed E-state index contributed by atoms with van der Waals surface area (Å²) in [5.41, 5.74) is 1.31. The van der Waals surface area contributed by atoms with Crippen LogP contribution >= 0.6 is 0 Å². The van der Waals surface area contributed by atoms with Gasteiger partial charge in [-0.25, -0.2) is 4.79 Å². The Morgan fingerprint density at radius 1 is 1.53 bits per heavy atom. The number of aryl methyl sites for hydroxylation is 1. The molecule has 90 valence electrons. The van der Waals surface area contributed by atoms with Crippen LogP contribution in [0.4, 0.5) is 0 Å². The highest BCUT2D eigenvalue weighted by molar-refractivity contribution is 5.97. The van der Waals surface area contributed by atoms with Crippen LogP contribution in [0.1, 0.15) is 28.8 Å². The predicted octanol–water partition coefficient (Wildman–Crippen LogP) is 1.08. The molecule has 2 heterocycles. The molecule has 1 unspecified atom stereocenters. The standard InChI is InChI=1S/C12H14N2O3/c1-8-4-5-13-7-9(8)11(15)14-6-2-3-10(14)12(16)17/h4-5,7,10H,2-3,6H2,1H3,(H,16,17). The molecule has 1 atom stereocenters. The number of amides is 1. The summed E-state index contributed by atoms with van der Waals surface area (Å²) in [5, 5.41) is 9.04. The van der Waals surface area contributed by atoms with Crippen LogP contribution in [0.2, 0.25) is 0 Å². The lowest BCUT2D eigenvalue weighted by Gasteiger charge is -2.21. The van der Waals surface area contributed by atoms with Gasteiger partial charge in [0, 0.05) is 18.9 Å². The van der Waals surface area contributed by atoms with Gasteiger partial charge in [-0.2, -0.15) is 0 Å². The average Bonchev–Trinajstić information content (AvgIpc) is 2.77. The zero-order chi connectivity index (χ0) is 12.4. The molecule has 0 aromatic carbocycles. The van der Waals surface area contributed by atoms with Crippen molar-refractivity contribution in [3.8, 4) is 0 Å². The molecule has 1 aromatic heterocycles. The van der Waals surface area contributed by atoms with Crippen molar-refractivity contribution in [1.82, 2.24) is 9.88 Å². The minimum atomic E-state index is -0.933. The van der Waals surface area contributed by atoms with E-state index in [0.29, 0.717) is 18.5 Å². The number of aromatic nitrogens is 1. The minimum Gasteiger partial charge on any atom is -0.480 e. The predicted molar refractivity (Wildman–Crippen MR) is 60.7 cm³/mol. The van der Waals surface area contributed by atoms with E-state index in [-0.39, 0.29) is 5.91 Å². The molecule has 1 aromatic rings. The molecule has 0 saturated carbocycles. The molecule has 1 aliphatic heterocycles. The highest BCUT2D eigenvalue weighted by Crippen LogP contribution is 2.21. The van der Waals surface area contributed by atoms with E-state index in [0.717, 1.165) is 12.0 Å². The van der Waals surface area contributed by atoms with E-state index < -0.39 is 12.0 Å². The van der Waals surface area contributed by atoms with Crippen molar-refractivity contribution < 1.29 is 14.7 Å². The molecule has 17 heavy (non-hydrogen) atoms. The lowest BCUT2D eigenvalue weighted by Crippen LogP contribution is -2.40. The van der Waals surface area contributed by atoms with Gasteiger partial charge in [0.2, 0.25) is 0 Å². The fraction of sp³-hybridized carbons (Fsp3) is 0.417. The van der Waals surface area contributed by atoms with Gasteiger partial charge in [0.05, 0.1) is 5.56 Å². The summed E-state index contributed by atoms with van der Waals surface area (Å²) < 4.78 is 0.